The van der Waals surface area contributed by atoms with Gasteiger partial charge < -0.3 is 4.90 Å². The van der Waals surface area contributed by atoms with Crippen LogP contribution >= 0.6 is 0 Å². The third-order valence-electron chi connectivity index (χ3n) is 11.8. The highest BCUT2D eigenvalue weighted by molar-refractivity contribution is 7.89. The Bertz CT molecular complexity index is 1720. The van der Waals surface area contributed by atoms with Crippen molar-refractivity contribution in [3.63, 3.8) is 0 Å². The van der Waals surface area contributed by atoms with Crippen LogP contribution in [-0.2, 0) is 15.4 Å². The van der Waals surface area contributed by atoms with Crippen LogP contribution in [0.2, 0.25) is 0 Å². The Balaban J connectivity index is 1.63. The van der Waals surface area contributed by atoms with Gasteiger partial charge in [0.05, 0.1) is 11.3 Å². The van der Waals surface area contributed by atoms with Crippen LogP contribution in [0.5, 0.6) is 0 Å². The molecule has 1 aliphatic carbocycles. The van der Waals surface area contributed by atoms with Gasteiger partial charge in [-0.1, -0.05) is 124 Å². The van der Waals surface area contributed by atoms with Gasteiger partial charge in [-0.05, 0) is 77.6 Å². The molecule has 0 fully saturated rings. The van der Waals surface area contributed by atoms with E-state index < -0.39 is 10.0 Å². The number of hydrogen-bond acceptors (Lipinski definition) is 3. The van der Waals surface area contributed by atoms with E-state index in [9.17, 15) is 8.42 Å². The second-order valence-corrected chi connectivity index (χ2v) is 19.0. The van der Waals surface area contributed by atoms with Gasteiger partial charge in [0.25, 0.3) is 0 Å². The first-order chi connectivity index (χ1) is 24.8. The lowest BCUT2D eigenvalue weighted by Crippen LogP contribution is -2.51. The Hall–Kier alpha value is -2.44. The molecule has 0 atom stereocenters. The summed E-state index contributed by atoms with van der Waals surface area (Å²) in [6, 6.07) is 11.5. The molecule has 0 radical (unpaired) electrons. The Kier molecular flexibility index (Phi) is 15.7. The fourth-order valence-corrected chi connectivity index (χ4v) is 10.3. The molecular formula is C46H74N3O2S+. The number of benzene rings is 2. The van der Waals surface area contributed by atoms with Gasteiger partial charge in [0, 0.05) is 58.2 Å². The van der Waals surface area contributed by atoms with Crippen LogP contribution in [0.1, 0.15) is 173 Å². The van der Waals surface area contributed by atoms with Gasteiger partial charge in [-0.2, -0.15) is 0 Å². The van der Waals surface area contributed by atoms with Crippen LogP contribution in [0.3, 0.4) is 0 Å². The van der Waals surface area contributed by atoms with Crippen molar-refractivity contribution >= 4 is 27.4 Å². The van der Waals surface area contributed by atoms with E-state index in [1.54, 1.807) is 0 Å². The maximum atomic E-state index is 14.5. The summed E-state index contributed by atoms with van der Waals surface area (Å²) in [7, 11) is 0.674. The van der Waals surface area contributed by atoms with Gasteiger partial charge >= 0.3 is 0 Å². The van der Waals surface area contributed by atoms with E-state index in [0.29, 0.717) is 13.1 Å². The third-order valence-corrected chi connectivity index (χ3v) is 13.6. The summed E-state index contributed by atoms with van der Waals surface area (Å²) in [5.41, 5.74) is 6.61. The van der Waals surface area contributed by atoms with Crippen molar-refractivity contribution < 1.29 is 8.42 Å². The number of nitrogens with zero attached hydrogens (tertiary/aromatic N) is 3. The summed E-state index contributed by atoms with van der Waals surface area (Å²) < 4.78 is 33.4. The first kappa shape index (κ1) is 42.3. The summed E-state index contributed by atoms with van der Waals surface area (Å²) in [4.78, 5) is 2.17. The molecule has 2 aromatic rings. The number of unbranched alkanes of at least 4 members (excludes halogenated alkanes) is 14. The van der Waals surface area contributed by atoms with Crippen LogP contribution in [0.4, 0.5) is 5.69 Å². The molecule has 0 saturated carbocycles. The minimum absolute atomic E-state index is 0.0555. The molecule has 4 rings (SSSR count). The van der Waals surface area contributed by atoms with E-state index in [1.165, 1.54) is 105 Å². The molecule has 0 amide bonds. The predicted molar refractivity (Wildman–Crippen MR) is 227 cm³/mol. The van der Waals surface area contributed by atoms with Crippen LogP contribution in [0.15, 0.2) is 36.4 Å². The predicted octanol–water partition coefficient (Wildman–Crippen LogP) is 9.82. The average molecular weight is 733 g/mol. The van der Waals surface area contributed by atoms with E-state index in [1.807, 2.05) is 4.31 Å². The number of fused-ring (bicyclic) bond motifs is 3. The van der Waals surface area contributed by atoms with Crippen molar-refractivity contribution in [2.75, 3.05) is 44.4 Å². The lowest BCUT2D eigenvalue weighted by atomic mass is 9.71. The van der Waals surface area contributed by atoms with Crippen molar-refractivity contribution in [3.8, 4) is 0 Å². The topological polar surface area (TPSA) is 43.6 Å². The average Bonchev–Trinajstić information content (AvgIpc) is 3.08. The van der Waals surface area contributed by atoms with Crippen LogP contribution < -0.4 is 20.1 Å². The Labute approximate surface area is 319 Å². The first-order valence-electron chi connectivity index (χ1n) is 21.1. The number of likely N-dealkylation sites (N-methyl/N-ethyl adjacent to an activating group) is 1. The van der Waals surface area contributed by atoms with Crippen LogP contribution in [0.25, 0.3) is 11.6 Å². The normalized spacial score (nSPS) is 15.9. The minimum Gasteiger partial charge on any atom is -0.378 e. The third kappa shape index (κ3) is 10.6. The van der Waals surface area contributed by atoms with Crippen molar-refractivity contribution in [3.05, 3.63) is 69.2 Å². The highest BCUT2D eigenvalue weighted by Gasteiger charge is 2.38. The van der Waals surface area contributed by atoms with E-state index in [-0.39, 0.29) is 16.7 Å². The van der Waals surface area contributed by atoms with Crippen molar-refractivity contribution in [2.45, 2.75) is 162 Å². The van der Waals surface area contributed by atoms with Gasteiger partial charge in [0.15, 0.2) is 5.54 Å². The smallest absolute Gasteiger partial charge is 0.218 e. The lowest BCUT2D eigenvalue weighted by molar-refractivity contribution is 0.384. The number of sulfonamides is 1. The Morgan fingerprint density at radius 3 is 1.73 bits per heavy atom. The zero-order valence-corrected chi connectivity index (χ0v) is 35.6. The molecule has 0 unspecified atom stereocenters. The summed E-state index contributed by atoms with van der Waals surface area (Å²) in [5, 5.41) is 2.35. The molecule has 5 nitrogen and oxygen atoms in total. The molecule has 0 aromatic heterocycles. The molecule has 2 aliphatic rings. The molecule has 6 heteroatoms. The van der Waals surface area contributed by atoms with Crippen LogP contribution in [0, 0.1) is 0 Å². The maximum Gasteiger partial charge on any atom is 0.218 e. The summed E-state index contributed by atoms with van der Waals surface area (Å²) in [6.07, 6.45) is 24.0. The first-order valence-corrected chi connectivity index (χ1v) is 22.7. The van der Waals surface area contributed by atoms with Gasteiger partial charge in [0.1, 0.15) is 6.54 Å². The van der Waals surface area contributed by atoms with Gasteiger partial charge in [-0.15, -0.1) is 0 Å². The fourth-order valence-electron chi connectivity index (χ4n) is 8.66. The minimum atomic E-state index is -3.52. The zero-order valence-electron chi connectivity index (χ0n) is 34.7. The van der Waals surface area contributed by atoms with E-state index in [0.717, 1.165) is 48.7 Å². The van der Waals surface area contributed by atoms with Gasteiger partial charge in [-0.25, -0.2) is 17.3 Å². The molecule has 1 heterocycles. The molecule has 0 N–H and O–H groups in total. The summed E-state index contributed by atoms with van der Waals surface area (Å²) in [6.45, 7) is 18.0. The molecule has 0 bridgehead atoms. The van der Waals surface area contributed by atoms with Crippen molar-refractivity contribution in [1.29, 1.82) is 0 Å². The SMILES string of the molecule is CCCCCCCCCCN(CCCCCCCCCC)S(=O)(=O)CC1=CC(C)(C)[N+](CC)=c2cc3c(cc21)=Cc1ccc(N(C)C)cc1C3(C)C. The Morgan fingerprint density at radius 2 is 1.21 bits per heavy atom. The van der Waals surface area contributed by atoms with Crippen molar-refractivity contribution in [1.82, 2.24) is 8.88 Å². The second-order valence-electron chi connectivity index (χ2n) is 17.1. The summed E-state index contributed by atoms with van der Waals surface area (Å²) in [5.74, 6) is 0.0555. The largest absolute Gasteiger partial charge is 0.378 e. The summed E-state index contributed by atoms with van der Waals surface area (Å²) >= 11 is 0. The molecule has 0 spiro atoms. The molecule has 0 saturated heterocycles. The van der Waals surface area contributed by atoms with Crippen molar-refractivity contribution in [2.24, 2.45) is 0 Å². The van der Waals surface area contributed by atoms with Gasteiger partial charge in [-0.3, -0.25) is 0 Å². The lowest BCUT2D eigenvalue weighted by Gasteiger charge is -2.34. The zero-order chi connectivity index (χ0) is 37.9. The molecule has 2 aromatic carbocycles. The number of hydrogen-bond donors (Lipinski definition) is 0. The molecular weight excluding hydrogens is 659 g/mol. The number of anilines is 1. The van der Waals surface area contributed by atoms with E-state index in [4.69, 9.17) is 0 Å². The molecule has 1 aliphatic heterocycles. The number of rotatable bonds is 23. The Morgan fingerprint density at radius 1 is 0.673 bits per heavy atom. The monoisotopic (exact) mass is 733 g/mol. The quantitative estimate of drug-likeness (QED) is 0.0845. The molecule has 52 heavy (non-hydrogen) atoms. The van der Waals surface area contributed by atoms with Gasteiger partial charge in [0.2, 0.25) is 15.4 Å². The van der Waals surface area contributed by atoms with Crippen LogP contribution in [-0.4, -0.2) is 57.7 Å². The van der Waals surface area contributed by atoms with E-state index >= 15 is 0 Å². The highest BCUT2D eigenvalue weighted by atomic mass is 32.2. The second kappa shape index (κ2) is 19.2. The van der Waals surface area contributed by atoms with E-state index in [2.05, 4.69) is 115 Å². The standard InChI is InChI=1S/C46H74N3O2S/c1-10-13-15-17-19-21-23-25-29-48(30-26-24-22-20-18-16-14-11-2)52(50,51)36-39-35-45(4,5)49(12-3)44-34-43-38(32-41(39)44)31-37-27-28-40(47(8)9)33-42(37)46(43,6)7/h27-28,31-35H,10-26,29-30,36H2,1-9H3/q+1. The highest BCUT2D eigenvalue weighted by Crippen LogP contribution is 2.37. The molecule has 290 valence electrons. The maximum absolute atomic E-state index is 14.5. The fraction of sp³-hybridized carbons (Fsp3) is 0.674.